The molecule has 7 aromatic heterocycles. The van der Waals surface area contributed by atoms with Crippen molar-refractivity contribution in [3.05, 3.63) is 223 Å². The average molecular weight is 1210 g/mol. The van der Waals surface area contributed by atoms with E-state index in [4.69, 9.17) is 0 Å². The van der Waals surface area contributed by atoms with E-state index in [1.807, 2.05) is 209 Å². The van der Waals surface area contributed by atoms with Crippen molar-refractivity contribution in [1.82, 2.24) is 55.1 Å². The van der Waals surface area contributed by atoms with E-state index in [9.17, 15) is 0 Å². The molecule has 0 atom stereocenters. The topological polar surface area (TPSA) is 142 Å². The summed E-state index contributed by atoms with van der Waals surface area (Å²) in [5, 5.41) is 7.68. The van der Waals surface area contributed by atoms with Crippen LogP contribution in [-0.4, -0.2) is 55.1 Å². The van der Waals surface area contributed by atoms with Gasteiger partial charge in [0.2, 0.25) is 0 Å². The first-order valence-electron chi connectivity index (χ1n) is 33.2. The van der Waals surface area contributed by atoms with Crippen LogP contribution in [0.5, 0.6) is 0 Å². The highest BCUT2D eigenvalue weighted by Gasteiger charge is 2.00. The van der Waals surface area contributed by atoms with E-state index < -0.39 is 0 Å². The predicted octanol–water partition coefficient (Wildman–Crippen LogP) is 24.0. The third-order valence-corrected chi connectivity index (χ3v) is 10.3. The van der Waals surface area contributed by atoms with Crippen LogP contribution in [-0.2, 0) is 0 Å². The highest BCUT2D eigenvalue weighted by molar-refractivity contribution is 5.18. The highest BCUT2D eigenvalue weighted by Crippen LogP contribution is 2.14. The van der Waals surface area contributed by atoms with E-state index in [0.717, 1.165) is 22.8 Å². The van der Waals surface area contributed by atoms with Gasteiger partial charge in [-0.25, -0.2) is 19.9 Å². The number of pyridine rings is 3. The Labute approximate surface area is 544 Å². The Morgan fingerprint density at radius 3 is 0.875 bits per heavy atom. The second kappa shape index (κ2) is 76.1. The first-order chi connectivity index (χ1) is 42.4. The molecule has 0 aliphatic carbocycles. The summed E-state index contributed by atoms with van der Waals surface area (Å²) in [7, 11) is 0. The second-order valence-corrected chi connectivity index (χ2v) is 19.1. The van der Waals surface area contributed by atoms with Gasteiger partial charge in [-0.15, -0.1) is 0 Å². The number of benzene rings is 1. The normalized spacial score (nSPS) is 8.82. The Hall–Kier alpha value is -7.01. The maximum Gasteiger partial charge on any atom is 0.115 e. The molecule has 0 amide bonds. The summed E-state index contributed by atoms with van der Waals surface area (Å²) in [4.78, 5) is 35.8. The SMILES string of the molecule is CC.CC.CC.CC.CC.CC.CC.CC.CC(C)c1ccccc1.CC(C)c1ccccn1.CC(C)c1cccnc1.CC(C)c1cccnn1.CC(C)c1ccncc1.CC(C)c1ccncn1.CC(C)c1cnccn1.CC(C)c1cncnc1. The average Bonchev–Trinajstić information content (AvgIpc) is 3.61. The highest BCUT2D eigenvalue weighted by atomic mass is 15.1. The van der Waals surface area contributed by atoms with Crippen LogP contribution in [0.3, 0.4) is 0 Å². The maximum absolute atomic E-state index is 4.18. The summed E-state index contributed by atoms with van der Waals surface area (Å²) in [6.07, 6.45) is 24.7. The minimum atomic E-state index is 0.485. The molecule has 11 nitrogen and oxygen atoms in total. The smallest absolute Gasteiger partial charge is 0.115 e. The second-order valence-electron chi connectivity index (χ2n) is 19.1. The summed E-state index contributed by atoms with van der Waals surface area (Å²) in [6, 6.07) is 30.5. The Morgan fingerprint density at radius 2 is 0.602 bits per heavy atom. The molecule has 11 heteroatoms. The Balaban J connectivity index is -0.000000134. The molecule has 0 bridgehead atoms. The van der Waals surface area contributed by atoms with Crippen molar-refractivity contribution in [2.45, 2.75) is 269 Å². The van der Waals surface area contributed by atoms with Gasteiger partial charge in [0.15, 0.2) is 0 Å². The van der Waals surface area contributed by atoms with Crippen LogP contribution in [0.15, 0.2) is 178 Å². The fraction of sp³-hybridized carbons (Fsp3) is 0.519. The molecule has 0 unspecified atom stereocenters. The van der Waals surface area contributed by atoms with E-state index in [2.05, 4.69) is 196 Å². The van der Waals surface area contributed by atoms with Gasteiger partial charge < -0.3 is 0 Å². The molecule has 1 aromatic carbocycles. The third kappa shape index (κ3) is 60.7. The monoisotopic (exact) mass is 1210 g/mol. The summed E-state index contributed by atoms with van der Waals surface area (Å²) in [5.74, 6) is 4.43. The largest absolute Gasteiger partial charge is 0.265 e. The molecule has 0 radical (unpaired) electrons. The molecule has 0 aliphatic rings. The lowest BCUT2D eigenvalue weighted by Gasteiger charge is -2.01. The molecule has 88 heavy (non-hydrogen) atoms. The van der Waals surface area contributed by atoms with Crippen molar-refractivity contribution in [3.63, 3.8) is 0 Å². The Bertz CT molecular complexity index is 1870. The van der Waals surface area contributed by atoms with Crippen molar-refractivity contribution in [3.8, 4) is 0 Å². The fourth-order valence-electron chi connectivity index (χ4n) is 5.50. The van der Waals surface area contributed by atoms with Gasteiger partial charge in [0, 0.05) is 85.7 Å². The summed E-state index contributed by atoms with van der Waals surface area (Å²) in [5.41, 5.74) is 9.63. The molecule has 0 spiro atoms. The zero-order valence-corrected chi connectivity index (χ0v) is 62.3. The van der Waals surface area contributed by atoms with Crippen LogP contribution in [0.1, 0.15) is 314 Å². The maximum atomic E-state index is 4.18. The minimum Gasteiger partial charge on any atom is -0.265 e. The quantitative estimate of drug-likeness (QED) is 0.143. The lowest BCUT2D eigenvalue weighted by Crippen LogP contribution is -1.92. The molecular formula is C77H133N11. The third-order valence-electron chi connectivity index (χ3n) is 10.3. The van der Waals surface area contributed by atoms with E-state index in [0.29, 0.717) is 47.3 Å². The summed E-state index contributed by atoms with van der Waals surface area (Å²) < 4.78 is 0. The van der Waals surface area contributed by atoms with Gasteiger partial charge >= 0.3 is 0 Å². The van der Waals surface area contributed by atoms with Gasteiger partial charge in [0.25, 0.3) is 0 Å². The summed E-state index contributed by atoms with van der Waals surface area (Å²) >= 11 is 0. The number of rotatable bonds is 8. The van der Waals surface area contributed by atoms with Crippen LogP contribution in [0, 0.1) is 0 Å². The standard InChI is InChI=1S/C9H12.3C8H11N.4C7H10N2.8C2H6/c1-8(2)9-6-4-3-5-7-9;1-7(2)8-3-5-9-6-4-8;1-7(2)8-4-3-5-9-6-8;1-7(2)8-5-3-4-6-9-8;1-6(2)7-3-8-5-9-4-7;1-6(2)7-5-8-3-4-9-7;1-6(2)7-3-4-8-5-9-7;1-6(2)7-4-3-5-8-9-7;8*1-2/h3-8H,1-2H3;3*3-7H,1-2H3;4*3-6H,1-2H3;8*1-2H3. The zero-order valence-electron chi connectivity index (χ0n) is 62.3. The van der Waals surface area contributed by atoms with Gasteiger partial charge in [-0.1, -0.05) is 264 Å². The molecule has 496 valence electrons. The van der Waals surface area contributed by atoms with Gasteiger partial charge in [-0.3, -0.25) is 24.9 Å². The van der Waals surface area contributed by atoms with E-state index >= 15 is 0 Å². The van der Waals surface area contributed by atoms with E-state index in [-0.39, 0.29) is 0 Å². The van der Waals surface area contributed by atoms with Crippen molar-refractivity contribution in [1.29, 1.82) is 0 Å². The molecular weight excluding hydrogens is 1080 g/mol. The Kier molecular flexibility index (Phi) is 84.1. The Morgan fingerprint density at radius 1 is 0.216 bits per heavy atom. The molecule has 7 heterocycles. The van der Waals surface area contributed by atoms with E-state index in [1.165, 1.54) is 22.3 Å². The molecule has 0 N–H and O–H groups in total. The first kappa shape index (κ1) is 97.3. The number of nitrogens with zero attached hydrogens (tertiary/aromatic N) is 11. The van der Waals surface area contributed by atoms with Crippen LogP contribution in [0.4, 0.5) is 0 Å². The van der Waals surface area contributed by atoms with Crippen molar-refractivity contribution >= 4 is 0 Å². The van der Waals surface area contributed by atoms with Gasteiger partial charge in [-0.05, 0) is 118 Å². The molecule has 0 saturated carbocycles. The molecule has 0 aliphatic heterocycles. The molecule has 8 aromatic rings. The number of hydrogen-bond donors (Lipinski definition) is 0. The molecule has 0 saturated heterocycles. The van der Waals surface area contributed by atoms with Gasteiger partial charge in [0.1, 0.15) is 12.7 Å². The molecule has 0 fully saturated rings. The lowest BCUT2D eigenvalue weighted by atomic mass is 10.0. The van der Waals surface area contributed by atoms with Crippen LogP contribution in [0.25, 0.3) is 0 Å². The van der Waals surface area contributed by atoms with Crippen LogP contribution < -0.4 is 0 Å². The zero-order chi connectivity index (χ0) is 69.5. The van der Waals surface area contributed by atoms with Crippen molar-refractivity contribution in [2.24, 2.45) is 0 Å². The lowest BCUT2D eigenvalue weighted by molar-refractivity contribution is 0.785. The number of aromatic nitrogens is 11. The fourth-order valence-corrected chi connectivity index (χ4v) is 5.50. The van der Waals surface area contributed by atoms with Crippen LogP contribution >= 0.6 is 0 Å². The molecule has 8 rings (SSSR count). The predicted molar refractivity (Wildman–Crippen MR) is 391 cm³/mol. The minimum absolute atomic E-state index is 0.485. The van der Waals surface area contributed by atoms with Gasteiger partial charge in [-0.2, -0.15) is 10.2 Å². The van der Waals surface area contributed by atoms with Crippen molar-refractivity contribution < 1.29 is 0 Å². The number of hydrogen-bond acceptors (Lipinski definition) is 11. The van der Waals surface area contributed by atoms with E-state index in [1.54, 1.807) is 49.8 Å². The van der Waals surface area contributed by atoms with Gasteiger partial charge in [0.05, 0.1) is 11.4 Å². The van der Waals surface area contributed by atoms with Crippen molar-refractivity contribution in [2.75, 3.05) is 0 Å². The summed E-state index contributed by atoms with van der Waals surface area (Å²) in [6.45, 7) is 66.2. The van der Waals surface area contributed by atoms with Crippen LogP contribution in [0.2, 0.25) is 0 Å². The first-order valence-corrected chi connectivity index (χ1v) is 33.2.